The van der Waals surface area contributed by atoms with Crippen molar-refractivity contribution in [1.82, 2.24) is 0 Å². The molecule has 1 N–H and O–H groups in total. The van der Waals surface area contributed by atoms with E-state index in [2.05, 4.69) is 51.6 Å². The second-order valence-electron chi connectivity index (χ2n) is 6.48. The molecule has 0 aromatic heterocycles. The van der Waals surface area contributed by atoms with Crippen LogP contribution in [-0.4, -0.2) is 6.54 Å². The van der Waals surface area contributed by atoms with Gasteiger partial charge in [0.25, 0.3) is 0 Å². The summed E-state index contributed by atoms with van der Waals surface area (Å²) < 4.78 is 1.12. The number of halogens is 1. The number of rotatable bonds is 3. The smallest absolute Gasteiger partial charge is 0.0658 e. The van der Waals surface area contributed by atoms with E-state index in [4.69, 9.17) is 0 Å². The molecular weight excluding hydrogens is 312 g/mol. The van der Waals surface area contributed by atoms with E-state index < -0.39 is 0 Å². The van der Waals surface area contributed by atoms with E-state index in [-0.39, 0.29) is 0 Å². The molecule has 3 fully saturated rings. The highest BCUT2D eigenvalue weighted by Crippen LogP contribution is 2.49. The Kier molecular flexibility index (Phi) is 4.03. The van der Waals surface area contributed by atoms with Crippen LogP contribution in [0.4, 0.5) is 5.69 Å². The highest BCUT2D eigenvalue weighted by Gasteiger charge is 2.41. The standard InChI is InChI=1S/C17H21BrN2/c18-15-2-1-3-16(10-15)20-12-17-7-4-13(5-8-17)14(11-19)6-9-17/h1-3,10,13-14,20H,4-9,12H2. The molecule has 0 radical (unpaired) electrons. The van der Waals surface area contributed by atoms with Gasteiger partial charge in [-0.15, -0.1) is 0 Å². The molecule has 1 atom stereocenters. The summed E-state index contributed by atoms with van der Waals surface area (Å²) in [5.74, 6) is 0.978. The van der Waals surface area contributed by atoms with Crippen molar-refractivity contribution in [3.8, 4) is 6.07 Å². The summed E-state index contributed by atoms with van der Waals surface area (Å²) in [6.07, 6.45) is 7.38. The lowest BCUT2D eigenvalue weighted by atomic mass is 9.71. The van der Waals surface area contributed by atoms with E-state index in [0.717, 1.165) is 17.4 Å². The largest absolute Gasteiger partial charge is 0.384 e. The van der Waals surface area contributed by atoms with Crippen LogP contribution in [0.5, 0.6) is 0 Å². The van der Waals surface area contributed by atoms with Crippen molar-refractivity contribution in [1.29, 1.82) is 5.26 Å². The molecule has 0 saturated heterocycles. The van der Waals surface area contributed by atoms with E-state index >= 15 is 0 Å². The third-order valence-corrected chi connectivity index (χ3v) is 5.80. The molecular formula is C17H21BrN2. The van der Waals surface area contributed by atoms with E-state index in [1.54, 1.807) is 0 Å². The van der Waals surface area contributed by atoms with Crippen LogP contribution in [0.1, 0.15) is 38.5 Å². The molecule has 3 aliphatic carbocycles. The van der Waals surface area contributed by atoms with E-state index in [1.807, 2.05) is 0 Å². The average Bonchev–Trinajstić information content (AvgIpc) is 2.75. The molecule has 3 saturated carbocycles. The highest BCUT2D eigenvalue weighted by atomic mass is 79.9. The molecule has 1 aromatic rings. The molecule has 1 unspecified atom stereocenters. The van der Waals surface area contributed by atoms with Crippen molar-refractivity contribution in [3.05, 3.63) is 28.7 Å². The first-order valence-corrected chi connectivity index (χ1v) is 8.39. The molecule has 0 heterocycles. The molecule has 3 aliphatic rings. The normalized spacial score (nSPS) is 32.4. The van der Waals surface area contributed by atoms with E-state index in [1.165, 1.54) is 37.8 Å². The first-order valence-electron chi connectivity index (χ1n) is 7.60. The Balaban J connectivity index is 1.67. The van der Waals surface area contributed by atoms with Crippen molar-refractivity contribution in [2.24, 2.45) is 17.3 Å². The van der Waals surface area contributed by atoms with Gasteiger partial charge in [-0.05, 0) is 68.1 Å². The minimum Gasteiger partial charge on any atom is -0.384 e. The van der Waals surface area contributed by atoms with E-state index in [0.29, 0.717) is 17.3 Å². The summed E-state index contributed by atoms with van der Waals surface area (Å²) in [6, 6.07) is 10.9. The number of nitrogens with one attached hydrogen (secondary N) is 1. The molecule has 20 heavy (non-hydrogen) atoms. The topological polar surface area (TPSA) is 35.8 Å². The molecule has 1 aromatic carbocycles. The number of nitriles is 1. The Hall–Kier alpha value is -1.01. The van der Waals surface area contributed by atoms with E-state index in [9.17, 15) is 5.26 Å². The van der Waals surface area contributed by atoms with Crippen molar-refractivity contribution in [2.45, 2.75) is 38.5 Å². The number of hydrogen-bond donors (Lipinski definition) is 1. The summed E-state index contributed by atoms with van der Waals surface area (Å²) in [7, 11) is 0. The summed E-state index contributed by atoms with van der Waals surface area (Å²) >= 11 is 3.52. The number of fused-ring (bicyclic) bond motifs is 4. The van der Waals surface area contributed by atoms with Gasteiger partial charge in [-0.3, -0.25) is 0 Å². The van der Waals surface area contributed by atoms with Crippen molar-refractivity contribution >= 4 is 21.6 Å². The zero-order valence-corrected chi connectivity index (χ0v) is 13.3. The third-order valence-electron chi connectivity index (χ3n) is 5.30. The summed E-state index contributed by atoms with van der Waals surface area (Å²) in [6.45, 7) is 1.05. The van der Waals surface area contributed by atoms with Crippen molar-refractivity contribution in [3.63, 3.8) is 0 Å². The Bertz CT molecular complexity index is 512. The minimum atomic E-state index is 0.310. The monoisotopic (exact) mass is 332 g/mol. The highest BCUT2D eigenvalue weighted by molar-refractivity contribution is 9.10. The van der Waals surface area contributed by atoms with Gasteiger partial charge in [0, 0.05) is 22.6 Å². The van der Waals surface area contributed by atoms with Gasteiger partial charge in [0.15, 0.2) is 0 Å². The van der Waals surface area contributed by atoms with Crippen molar-refractivity contribution < 1.29 is 0 Å². The first-order chi connectivity index (χ1) is 9.71. The minimum absolute atomic E-state index is 0.310. The molecule has 3 heteroatoms. The molecule has 2 nitrogen and oxygen atoms in total. The van der Waals surface area contributed by atoms with Gasteiger partial charge in [-0.2, -0.15) is 5.26 Å². The Labute approximate surface area is 129 Å². The fraction of sp³-hybridized carbons (Fsp3) is 0.588. The molecule has 2 bridgehead atoms. The first kappa shape index (κ1) is 13.9. The molecule has 0 aliphatic heterocycles. The average molecular weight is 333 g/mol. The fourth-order valence-corrected chi connectivity index (χ4v) is 4.32. The van der Waals surface area contributed by atoms with Gasteiger partial charge in [-0.25, -0.2) is 0 Å². The Morgan fingerprint density at radius 3 is 2.70 bits per heavy atom. The van der Waals surface area contributed by atoms with Crippen molar-refractivity contribution in [2.75, 3.05) is 11.9 Å². The second-order valence-corrected chi connectivity index (χ2v) is 7.39. The van der Waals surface area contributed by atoms with Gasteiger partial charge in [0.1, 0.15) is 0 Å². The second kappa shape index (κ2) is 5.77. The maximum Gasteiger partial charge on any atom is 0.0658 e. The molecule has 4 rings (SSSR count). The van der Waals surface area contributed by atoms with Gasteiger partial charge >= 0.3 is 0 Å². The van der Waals surface area contributed by atoms with Gasteiger partial charge in [0.2, 0.25) is 0 Å². The third kappa shape index (κ3) is 2.86. The van der Waals surface area contributed by atoms with Crippen LogP contribution >= 0.6 is 15.9 Å². The SMILES string of the molecule is N#CC1CCC2(CNc3cccc(Br)c3)CCC1CC2. The predicted octanol–water partition coefficient (Wildman–Crippen LogP) is 4.97. The zero-order valence-electron chi connectivity index (χ0n) is 11.7. The van der Waals surface area contributed by atoms with Gasteiger partial charge < -0.3 is 5.32 Å². The van der Waals surface area contributed by atoms with Crippen LogP contribution in [-0.2, 0) is 0 Å². The summed E-state index contributed by atoms with van der Waals surface area (Å²) in [5, 5.41) is 12.9. The van der Waals surface area contributed by atoms with Crippen LogP contribution in [0.3, 0.4) is 0 Å². The summed E-state index contributed by atoms with van der Waals surface area (Å²) in [5.41, 5.74) is 1.61. The number of nitrogens with zero attached hydrogens (tertiary/aromatic N) is 1. The number of anilines is 1. The lowest BCUT2D eigenvalue weighted by molar-refractivity contribution is 0.180. The van der Waals surface area contributed by atoms with Crippen LogP contribution in [0.2, 0.25) is 0 Å². The zero-order chi connectivity index (χ0) is 14.0. The van der Waals surface area contributed by atoms with Gasteiger partial charge in [-0.1, -0.05) is 22.0 Å². The number of hydrogen-bond acceptors (Lipinski definition) is 2. The predicted molar refractivity (Wildman–Crippen MR) is 85.4 cm³/mol. The quantitative estimate of drug-likeness (QED) is 0.847. The lowest BCUT2D eigenvalue weighted by Gasteiger charge is -2.37. The summed E-state index contributed by atoms with van der Waals surface area (Å²) in [4.78, 5) is 0. The molecule has 0 spiro atoms. The van der Waals surface area contributed by atoms with Crippen LogP contribution in [0.15, 0.2) is 28.7 Å². The number of benzene rings is 1. The van der Waals surface area contributed by atoms with Gasteiger partial charge in [0.05, 0.1) is 6.07 Å². The molecule has 106 valence electrons. The fourth-order valence-electron chi connectivity index (χ4n) is 3.93. The lowest BCUT2D eigenvalue weighted by Crippen LogP contribution is -2.32. The Morgan fingerprint density at radius 2 is 2.00 bits per heavy atom. The maximum absolute atomic E-state index is 9.29. The van der Waals surface area contributed by atoms with Crippen LogP contribution < -0.4 is 5.32 Å². The molecule has 0 amide bonds. The van der Waals surface area contributed by atoms with Crippen LogP contribution in [0.25, 0.3) is 0 Å². The Morgan fingerprint density at radius 1 is 1.25 bits per heavy atom. The maximum atomic E-state index is 9.29. The van der Waals surface area contributed by atoms with Crippen LogP contribution in [0, 0.1) is 28.6 Å².